The molecule has 0 aliphatic carbocycles. The number of carbonyl (C=O) groups excluding carboxylic acids is 2. The molecule has 2 rings (SSSR count). The molecule has 0 N–H and O–H groups in total. The van der Waals surface area contributed by atoms with Crippen LogP contribution in [0.4, 0.5) is 0 Å². The highest BCUT2D eigenvalue weighted by molar-refractivity contribution is 6.42. The predicted octanol–water partition coefficient (Wildman–Crippen LogP) is 3.08. The molecule has 21 heavy (non-hydrogen) atoms. The number of rotatable bonds is 3. The molecule has 0 atom stereocenters. The number of hydrogen-bond donors (Lipinski definition) is 0. The van der Waals surface area contributed by atoms with Gasteiger partial charge in [-0.15, -0.1) is 0 Å². The molecule has 4 nitrogen and oxygen atoms in total. The Morgan fingerprint density at radius 3 is 2.24 bits per heavy atom. The summed E-state index contributed by atoms with van der Waals surface area (Å²) in [7, 11) is 0. The first-order valence-corrected chi connectivity index (χ1v) is 7.80. The normalized spacial score (nSPS) is 15.2. The smallest absolute Gasteiger partial charge is 0.254 e. The summed E-state index contributed by atoms with van der Waals surface area (Å²) in [5.74, 6) is 0.0929. The van der Waals surface area contributed by atoms with Gasteiger partial charge in [0.25, 0.3) is 5.91 Å². The van der Waals surface area contributed by atoms with E-state index in [-0.39, 0.29) is 11.8 Å². The Bertz CT molecular complexity index is 540. The van der Waals surface area contributed by atoms with Crippen LogP contribution in [0.15, 0.2) is 18.2 Å². The molecular formula is C15H18Cl2N2O2. The second-order valence-electron chi connectivity index (χ2n) is 5.05. The molecule has 1 aromatic rings. The summed E-state index contributed by atoms with van der Waals surface area (Å²) in [6.07, 6.45) is 1.42. The average Bonchev–Trinajstić information content (AvgIpc) is 2.50. The zero-order chi connectivity index (χ0) is 15.4. The van der Waals surface area contributed by atoms with E-state index in [1.807, 2.05) is 11.8 Å². The zero-order valence-electron chi connectivity index (χ0n) is 11.9. The van der Waals surface area contributed by atoms with E-state index in [1.165, 1.54) is 0 Å². The highest BCUT2D eigenvalue weighted by Gasteiger charge is 2.24. The molecule has 0 unspecified atom stereocenters. The number of benzene rings is 1. The first kappa shape index (κ1) is 16.1. The van der Waals surface area contributed by atoms with Gasteiger partial charge in [0.1, 0.15) is 0 Å². The Kier molecular flexibility index (Phi) is 5.48. The second-order valence-corrected chi connectivity index (χ2v) is 5.87. The molecule has 0 radical (unpaired) electrons. The molecule has 0 saturated carbocycles. The third kappa shape index (κ3) is 3.89. The van der Waals surface area contributed by atoms with Crippen LogP contribution in [0.1, 0.15) is 30.1 Å². The lowest BCUT2D eigenvalue weighted by Crippen LogP contribution is -2.50. The molecule has 1 fully saturated rings. The van der Waals surface area contributed by atoms with Crippen molar-refractivity contribution in [1.29, 1.82) is 0 Å². The molecule has 1 aromatic carbocycles. The molecule has 0 aromatic heterocycles. The van der Waals surface area contributed by atoms with Gasteiger partial charge in [-0.1, -0.05) is 30.1 Å². The summed E-state index contributed by atoms with van der Waals surface area (Å²) in [5, 5.41) is 0.808. The Morgan fingerprint density at radius 1 is 1.05 bits per heavy atom. The van der Waals surface area contributed by atoms with Crippen molar-refractivity contribution in [2.24, 2.45) is 0 Å². The summed E-state index contributed by atoms with van der Waals surface area (Å²) in [6.45, 7) is 4.27. The molecule has 1 aliphatic heterocycles. The van der Waals surface area contributed by atoms with Gasteiger partial charge < -0.3 is 9.80 Å². The Hall–Kier alpha value is -1.26. The van der Waals surface area contributed by atoms with E-state index in [0.717, 1.165) is 6.42 Å². The van der Waals surface area contributed by atoms with E-state index in [1.54, 1.807) is 23.1 Å². The molecular weight excluding hydrogens is 311 g/mol. The Morgan fingerprint density at radius 2 is 1.67 bits per heavy atom. The van der Waals surface area contributed by atoms with Gasteiger partial charge in [0.15, 0.2) is 0 Å². The van der Waals surface area contributed by atoms with Gasteiger partial charge in [-0.3, -0.25) is 9.59 Å². The Labute approximate surface area is 134 Å². The van der Waals surface area contributed by atoms with Gasteiger partial charge in [0.2, 0.25) is 5.91 Å². The van der Waals surface area contributed by atoms with Crippen LogP contribution in [0, 0.1) is 0 Å². The van der Waals surface area contributed by atoms with Crippen LogP contribution in [0.2, 0.25) is 10.0 Å². The molecule has 1 aliphatic rings. The van der Waals surface area contributed by atoms with Crippen LogP contribution in [0.25, 0.3) is 0 Å². The first-order chi connectivity index (χ1) is 10.0. The summed E-state index contributed by atoms with van der Waals surface area (Å²) >= 11 is 11.8. The third-order valence-electron chi connectivity index (χ3n) is 3.55. The van der Waals surface area contributed by atoms with Gasteiger partial charge in [-0.2, -0.15) is 0 Å². The summed E-state index contributed by atoms with van der Waals surface area (Å²) in [5.41, 5.74) is 0.526. The van der Waals surface area contributed by atoms with Gasteiger partial charge in [0.05, 0.1) is 10.0 Å². The highest BCUT2D eigenvalue weighted by atomic mass is 35.5. The van der Waals surface area contributed by atoms with Crippen molar-refractivity contribution >= 4 is 35.0 Å². The lowest BCUT2D eigenvalue weighted by atomic mass is 10.1. The van der Waals surface area contributed by atoms with Gasteiger partial charge in [-0.05, 0) is 24.6 Å². The fourth-order valence-corrected chi connectivity index (χ4v) is 2.64. The monoisotopic (exact) mass is 328 g/mol. The molecule has 1 saturated heterocycles. The maximum Gasteiger partial charge on any atom is 0.254 e. The molecule has 114 valence electrons. The minimum absolute atomic E-state index is 0.0730. The Balaban J connectivity index is 1.97. The number of halogens is 2. The summed E-state index contributed by atoms with van der Waals surface area (Å²) < 4.78 is 0. The third-order valence-corrected chi connectivity index (χ3v) is 4.29. The van der Waals surface area contributed by atoms with Crippen molar-refractivity contribution < 1.29 is 9.59 Å². The number of nitrogens with zero attached hydrogens (tertiary/aromatic N) is 2. The van der Waals surface area contributed by atoms with E-state index >= 15 is 0 Å². The van der Waals surface area contributed by atoms with Gasteiger partial charge in [0, 0.05) is 38.2 Å². The van der Waals surface area contributed by atoms with Crippen molar-refractivity contribution in [3.05, 3.63) is 33.8 Å². The van der Waals surface area contributed by atoms with Crippen molar-refractivity contribution in [2.45, 2.75) is 19.8 Å². The molecule has 6 heteroatoms. The number of carbonyl (C=O) groups is 2. The zero-order valence-corrected chi connectivity index (χ0v) is 13.5. The van der Waals surface area contributed by atoms with Crippen LogP contribution < -0.4 is 0 Å². The van der Waals surface area contributed by atoms with Crippen molar-refractivity contribution in [3.63, 3.8) is 0 Å². The molecule has 1 heterocycles. The van der Waals surface area contributed by atoms with E-state index in [9.17, 15) is 9.59 Å². The second kappa shape index (κ2) is 7.14. The quantitative estimate of drug-likeness (QED) is 0.855. The lowest BCUT2D eigenvalue weighted by Gasteiger charge is -2.35. The maximum atomic E-state index is 12.4. The maximum absolute atomic E-state index is 12.4. The molecule has 0 spiro atoms. The minimum atomic E-state index is -0.0730. The van der Waals surface area contributed by atoms with E-state index in [2.05, 4.69) is 0 Å². The van der Waals surface area contributed by atoms with Crippen LogP contribution in [0.5, 0.6) is 0 Å². The molecule has 2 amide bonds. The van der Waals surface area contributed by atoms with Crippen LogP contribution in [0.3, 0.4) is 0 Å². The number of amides is 2. The molecule has 0 bridgehead atoms. The summed E-state index contributed by atoms with van der Waals surface area (Å²) in [4.78, 5) is 27.8. The minimum Gasteiger partial charge on any atom is -0.339 e. The standard InChI is InChI=1S/C15H18Cl2N2O2/c1-2-3-14(20)18-6-8-19(9-7-18)15(21)11-4-5-12(16)13(17)10-11/h4-5,10H,2-3,6-9H2,1H3. The van der Waals surface area contributed by atoms with E-state index < -0.39 is 0 Å². The van der Waals surface area contributed by atoms with Crippen molar-refractivity contribution in [1.82, 2.24) is 9.80 Å². The lowest BCUT2D eigenvalue weighted by molar-refractivity contribution is -0.132. The van der Waals surface area contributed by atoms with Gasteiger partial charge in [-0.25, -0.2) is 0 Å². The highest BCUT2D eigenvalue weighted by Crippen LogP contribution is 2.23. The van der Waals surface area contributed by atoms with Crippen LogP contribution in [-0.4, -0.2) is 47.8 Å². The SMILES string of the molecule is CCCC(=O)N1CCN(C(=O)c2ccc(Cl)c(Cl)c2)CC1. The first-order valence-electron chi connectivity index (χ1n) is 7.05. The summed E-state index contributed by atoms with van der Waals surface area (Å²) in [6, 6.07) is 4.88. The average molecular weight is 329 g/mol. The predicted molar refractivity (Wildman–Crippen MR) is 83.9 cm³/mol. The number of hydrogen-bond acceptors (Lipinski definition) is 2. The fourth-order valence-electron chi connectivity index (χ4n) is 2.34. The van der Waals surface area contributed by atoms with Crippen LogP contribution in [-0.2, 0) is 4.79 Å². The van der Waals surface area contributed by atoms with E-state index in [4.69, 9.17) is 23.2 Å². The van der Waals surface area contributed by atoms with E-state index in [0.29, 0.717) is 48.2 Å². The fraction of sp³-hybridized carbons (Fsp3) is 0.467. The largest absolute Gasteiger partial charge is 0.339 e. The van der Waals surface area contributed by atoms with Gasteiger partial charge >= 0.3 is 0 Å². The number of piperazine rings is 1. The van der Waals surface area contributed by atoms with Crippen molar-refractivity contribution in [3.8, 4) is 0 Å². The topological polar surface area (TPSA) is 40.6 Å². The van der Waals surface area contributed by atoms with Crippen molar-refractivity contribution in [2.75, 3.05) is 26.2 Å². The van der Waals surface area contributed by atoms with Crippen LogP contribution >= 0.6 is 23.2 Å².